The van der Waals surface area contributed by atoms with Gasteiger partial charge < -0.3 is 39.0 Å². The molecule has 0 amide bonds. The normalized spacial score (nSPS) is 18.9. The molecule has 3 N–H and O–H groups in total. The number of aliphatic hydroxyl groups excluding tert-OH is 2. The first-order valence-electron chi connectivity index (χ1n) is 29.2. The van der Waals surface area contributed by atoms with Crippen molar-refractivity contribution in [3.05, 3.63) is 97.2 Å². The van der Waals surface area contributed by atoms with E-state index in [1.54, 1.807) is 0 Å². The molecule has 1 aliphatic heterocycles. The highest BCUT2D eigenvalue weighted by Gasteiger charge is 2.50. The molecule has 426 valence electrons. The average Bonchev–Trinajstić information content (AvgIpc) is 3.39. The highest BCUT2D eigenvalue weighted by molar-refractivity contribution is 5.74. The molecule has 0 saturated carbocycles. The molecule has 1 rings (SSSR count). The number of allylic oxidation sites excluding steroid dienone is 16. The van der Waals surface area contributed by atoms with Gasteiger partial charge in [-0.1, -0.05) is 189 Å². The summed E-state index contributed by atoms with van der Waals surface area (Å²) in [6, 6.07) is 0. The predicted molar refractivity (Wildman–Crippen MR) is 303 cm³/mol. The van der Waals surface area contributed by atoms with E-state index in [0.717, 1.165) is 141 Å². The monoisotopic (exact) mass is 1050 g/mol. The molecule has 0 aromatic rings. The average molecular weight is 1050 g/mol. The number of hydrogen-bond donors (Lipinski definition) is 3. The van der Waals surface area contributed by atoms with Gasteiger partial charge in [0, 0.05) is 19.3 Å². The second-order valence-electron chi connectivity index (χ2n) is 19.5. The number of ether oxygens (including phenoxy) is 5. The standard InChI is InChI=1S/C63H102O12/c1-4-7-10-13-16-19-22-25-26-27-28-29-30-33-34-37-40-43-46-49-55(64)71-52-54(73-56(65)50-47-44-41-38-35-31-23-20-17-14-11-8-5-2)53-72-63-61(59(68)58(67)60(75-63)62(69)70)74-57(66)51-48-45-42-39-36-32-24-21-18-15-12-9-6-3/h9,11-12,14,16,18-21,23,25-26,28-29,32,36,54,58-61,63,67-68H,4-8,10,13,15,17,22,24,27,30-31,33-35,37-53H2,1-3H3,(H,69,70)/b12-9-,14-11-,19-16-,21-18-,23-20-,26-25-,29-28-,36-32-. The minimum Gasteiger partial charge on any atom is -0.479 e. The number of esters is 3. The Morgan fingerprint density at radius 1 is 0.453 bits per heavy atom. The number of carboxylic acid groups (broad SMARTS) is 1. The van der Waals surface area contributed by atoms with Crippen LogP contribution in [-0.2, 0) is 42.9 Å². The van der Waals surface area contributed by atoms with Crippen molar-refractivity contribution in [2.75, 3.05) is 13.2 Å². The molecule has 12 nitrogen and oxygen atoms in total. The fourth-order valence-electron chi connectivity index (χ4n) is 8.13. The quantitative estimate of drug-likeness (QED) is 0.0228. The summed E-state index contributed by atoms with van der Waals surface area (Å²) in [6.45, 7) is 5.73. The van der Waals surface area contributed by atoms with Gasteiger partial charge in [-0.2, -0.15) is 0 Å². The summed E-state index contributed by atoms with van der Waals surface area (Å²) in [5.74, 6) is -3.20. The van der Waals surface area contributed by atoms with E-state index in [2.05, 4.69) is 118 Å². The maximum absolute atomic E-state index is 13.1. The van der Waals surface area contributed by atoms with Crippen LogP contribution in [0.3, 0.4) is 0 Å². The van der Waals surface area contributed by atoms with Crippen molar-refractivity contribution in [3.8, 4) is 0 Å². The van der Waals surface area contributed by atoms with E-state index in [9.17, 15) is 34.5 Å². The Morgan fingerprint density at radius 2 is 0.867 bits per heavy atom. The van der Waals surface area contributed by atoms with Crippen molar-refractivity contribution < 1.29 is 58.2 Å². The summed E-state index contributed by atoms with van der Waals surface area (Å²) >= 11 is 0. The second kappa shape index (κ2) is 50.5. The van der Waals surface area contributed by atoms with Gasteiger partial charge in [-0.25, -0.2) is 4.79 Å². The van der Waals surface area contributed by atoms with E-state index in [-0.39, 0.29) is 25.9 Å². The molecule has 1 heterocycles. The lowest BCUT2D eigenvalue weighted by Crippen LogP contribution is -2.61. The van der Waals surface area contributed by atoms with Gasteiger partial charge >= 0.3 is 23.9 Å². The van der Waals surface area contributed by atoms with Crippen molar-refractivity contribution in [1.82, 2.24) is 0 Å². The molecule has 6 atom stereocenters. The van der Waals surface area contributed by atoms with Gasteiger partial charge in [-0.05, 0) is 116 Å². The number of carbonyl (C=O) groups is 4. The van der Waals surface area contributed by atoms with Crippen LogP contribution in [0.2, 0.25) is 0 Å². The Morgan fingerprint density at radius 3 is 1.35 bits per heavy atom. The highest BCUT2D eigenvalue weighted by atomic mass is 16.7. The Balaban J connectivity index is 2.71. The van der Waals surface area contributed by atoms with Crippen molar-refractivity contribution in [1.29, 1.82) is 0 Å². The van der Waals surface area contributed by atoms with Crippen molar-refractivity contribution in [2.45, 2.75) is 263 Å². The third kappa shape index (κ3) is 40.6. The summed E-state index contributed by atoms with van der Waals surface area (Å²) in [4.78, 5) is 51.1. The molecule has 1 aliphatic rings. The number of rotatable bonds is 48. The Hall–Kier alpha value is -4.36. The molecule has 1 fully saturated rings. The highest BCUT2D eigenvalue weighted by Crippen LogP contribution is 2.26. The van der Waals surface area contributed by atoms with Gasteiger partial charge in [0.15, 0.2) is 24.6 Å². The van der Waals surface area contributed by atoms with Crippen LogP contribution in [0.4, 0.5) is 0 Å². The molecule has 0 radical (unpaired) electrons. The smallest absolute Gasteiger partial charge is 0.335 e. The van der Waals surface area contributed by atoms with Crippen molar-refractivity contribution in [3.63, 3.8) is 0 Å². The summed E-state index contributed by atoms with van der Waals surface area (Å²) in [6.07, 6.45) is 53.8. The van der Waals surface area contributed by atoms with E-state index in [4.69, 9.17) is 23.7 Å². The maximum atomic E-state index is 13.1. The van der Waals surface area contributed by atoms with Gasteiger partial charge in [-0.15, -0.1) is 0 Å². The Labute approximate surface area is 453 Å². The van der Waals surface area contributed by atoms with Crippen LogP contribution >= 0.6 is 0 Å². The molecule has 0 aromatic carbocycles. The zero-order valence-corrected chi connectivity index (χ0v) is 46.8. The molecule has 0 spiro atoms. The van der Waals surface area contributed by atoms with Crippen LogP contribution in [-0.4, -0.2) is 89.2 Å². The molecule has 12 heteroatoms. The minimum absolute atomic E-state index is 0.0181. The van der Waals surface area contributed by atoms with Crippen molar-refractivity contribution >= 4 is 23.9 Å². The van der Waals surface area contributed by atoms with Crippen LogP contribution in [0.15, 0.2) is 97.2 Å². The van der Waals surface area contributed by atoms with Gasteiger partial charge in [0.05, 0.1) is 6.61 Å². The second-order valence-corrected chi connectivity index (χ2v) is 19.5. The third-order valence-corrected chi connectivity index (χ3v) is 12.6. The van der Waals surface area contributed by atoms with Gasteiger partial charge in [-0.3, -0.25) is 14.4 Å². The zero-order chi connectivity index (χ0) is 54.7. The maximum Gasteiger partial charge on any atom is 0.335 e. The number of aliphatic hydroxyl groups is 2. The van der Waals surface area contributed by atoms with Crippen LogP contribution in [0.5, 0.6) is 0 Å². The van der Waals surface area contributed by atoms with E-state index >= 15 is 0 Å². The van der Waals surface area contributed by atoms with Crippen LogP contribution in [0.25, 0.3) is 0 Å². The van der Waals surface area contributed by atoms with E-state index in [1.807, 2.05) is 0 Å². The number of hydrogen-bond acceptors (Lipinski definition) is 11. The summed E-state index contributed by atoms with van der Waals surface area (Å²) in [5.41, 5.74) is 0. The molecule has 0 aromatic heterocycles. The molecular formula is C63H102O12. The van der Waals surface area contributed by atoms with Gasteiger partial charge in [0.1, 0.15) is 18.8 Å². The summed E-state index contributed by atoms with van der Waals surface area (Å²) < 4.78 is 28.3. The van der Waals surface area contributed by atoms with E-state index in [1.165, 1.54) is 25.7 Å². The zero-order valence-electron chi connectivity index (χ0n) is 46.8. The first kappa shape index (κ1) is 68.7. The van der Waals surface area contributed by atoms with E-state index in [0.29, 0.717) is 19.3 Å². The largest absolute Gasteiger partial charge is 0.479 e. The SMILES string of the molecule is CC/C=C\C/C=C\C/C=C\CCCCCC(=O)OC1C(OCC(COC(=O)CCCCCCCC/C=C\C/C=C\C/C=C\CCCCC)OC(=O)CCCCCCC/C=C\C/C=C\CCC)OC(C(=O)O)C(O)C1O. The lowest BCUT2D eigenvalue weighted by molar-refractivity contribution is -0.301. The van der Waals surface area contributed by atoms with Crippen LogP contribution < -0.4 is 0 Å². The lowest BCUT2D eigenvalue weighted by Gasteiger charge is -2.40. The van der Waals surface area contributed by atoms with Gasteiger partial charge in [0.25, 0.3) is 0 Å². The fourth-order valence-corrected chi connectivity index (χ4v) is 8.13. The number of carbonyl (C=O) groups excluding carboxylic acids is 3. The number of carboxylic acids is 1. The molecule has 75 heavy (non-hydrogen) atoms. The third-order valence-electron chi connectivity index (χ3n) is 12.6. The van der Waals surface area contributed by atoms with E-state index < -0.39 is 67.3 Å². The molecule has 0 bridgehead atoms. The van der Waals surface area contributed by atoms with Crippen molar-refractivity contribution in [2.24, 2.45) is 0 Å². The Kier molecular flexibility index (Phi) is 46.2. The summed E-state index contributed by atoms with van der Waals surface area (Å²) in [7, 11) is 0. The lowest BCUT2D eigenvalue weighted by atomic mass is 9.98. The first-order valence-corrected chi connectivity index (χ1v) is 29.2. The molecule has 0 aliphatic carbocycles. The van der Waals surface area contributed by atoms with Crippen LogP contribution in [0, 0.1) is 0 Å². The number of unbranched alkanes of at least 4 members (excludes halogenated alkanes) is 18. The molecular weight excluding hydrogens is 949 g/mol. The predicted octanol–water partition coefficient (Wildman–Crippen LogP) is 14.9. The Bertz CT molecular complexity index is 1670. The fraction of sp³-hybridized carbons (Fsp3) is 0.683. The summed E-state index contributed by atoms with van der Waals surface area (Å²) in [5, 5.41) is 31.4. The number of aliphatic carboxylic acids is 1. The molecule has 1 saturated heterocycles. The molecule has 6 unspecified atom stereocenters. The van der Waals surface area contributed by atoms with Crippen LogP contribution in [0.1, 0.15) is 226 Å². The van der Waals surface area contributed by atoms with Gasteiger partial charge in [0.2, 0.25) is 0 Å². The topological polar surface area (TPSA) is 175 Å². The first-order chi connectivity index (χ1) is 36.6. The minimum atomic E-state index is -1.92.